The van der Waals surface area contributed by atoms with Crippen LogP contribution in [-0.4, -0.2) is 38.0 Å². The number of ether oxygens (including phenoxy) is 4. The van der Waals surface area contributed by atoms with E-state index < -0.39 is 12.2 Å². The van der Waals surface area contributed by atoms with Crippen LogP contribution in [0.2, 0.25) is 0 Å². The van der Waals surface area contributed by atoms with E-state index in [0.29, 0.717) is 0 Å². The van der Waals surface area contributed by atoms with Crippen molar-refractivity contribution in [3.8, 4) is 0 Å². The minimum atomic E-state index is -0.865. The summed E-state index contributed by atoms with van der Waals surface area (Å²) < 4.78 is 22.2. The van der Waals surface area contributed by atoms with Gasteiger partial charge in [0.2, 0.25) is 11.6 Å². The Bertz CT molecular complexity index is 782. The second kappa shape index (κ2) is 8.50. The number of allylic oxidation sites excluding steroid dienone is 5. The Morgan fingerprint density at radius 3 is 1.43 bits per heavy atom. The molecule has 0 saturated carbocycles. The molecule has 0 aromatic carbocycles. The fraction of sp³-hybridized carbons (Fsp3) is 0.455. The standard InChI is InChI=1S/C22H28O6/c1-9-15(25-7)18(23)20-13(5)11(3)17-12(4)14(6)21(28-22(17)27-20)19(24)16(10-2)26-8/h9-10,20-21H,1-8H3. The van der Waals surface area contributed by atoms with Crippen molar-refractivity contribution in [3.05, 3.63) is 57.5 Å². The number of hydrogen-bond acceptors (Lipinski definition) is 6. The first-order valence-electron chi connectivity index (χ1n) is 9.15. The summed E-state index contributed by atoms with van der Waals surface area (Å²) in [6, 6.07) is 0. The lowest BCUT2D eigenvalue weighted by atomic mass is 9.86. The average Bonchev–Trinajstić information content (AvgIpc) is 2.68. The number of Topliss-reactive ketones (excluding diaryl/α,β-unsaturated/α-hetero) is 2. The Labute approximate surface area is 166 Å². The first-order chi connectivity index (χ1) is 13.2. The number of carbonyl (C=O) groups is 2. The van der Waals surface area contributed by atoms with E-state index >= 15 is 0 Å². The molecule has 0 N–H and O–H groups in total. The lowest BCUT2D eigenvalue weighted by Gasteiger charge is -2.35. The van der Waals surface area contributed by atoms with Crippen LogP contribution in [0.1, 0.15) is 41.5 Å². The number of rotatable bonds is 6. The minimum absolute atomic E-state index is 0.181. The first-order valence-corrected chi connectivity index (χ1v) is 9.15. The summed E-state index contributed by atoms with van der Waals surface area (Å²) in [5.41, 5.74) is 4.14. The third kappa shape index (κ3) is 3.51. The van der Waals surface area contributed by atoms with Gasteiger partial charge in [0.1, 0.15) is 0 Å². The normalized spacial score (nSPS) is 23.1. The van der Waals surface area contributed by atoms with E-state index in [2.05, 4.69) is 0 Å². The second-order valence-corrected chi connectivity index (χ2v) is 6.72. The van der Waals surface area contributed by atoms with Crippen molar-refractivity contribution in [2.75, 3.05) is 14.2 Å². The number of hydrogen-bond donors (Lipinski definition) is 0. The molecule has 0 aromatic rings. The summed E-state index contributed by atoms with van der Waals surface area (Å²) in [5.74, 6) is 0.0121. The zero-order chi connectivity index (χ0) is 21.2. The molecule has 2 unspecified atom stereocenters. The van der Waals surface area contributed by atoms with E-state index in [-0.39, 0.29) is 29.0 Å². The van der Waals surface area contributed by atoms with Gasteiger partial charge in [-0.05, 0) is 76.0 Å². The highest BCUT2D eigenvalue weighted by molar-refractivity contribution is 6.00. The molecule has 2 rings (SSSR count). The Hall–Kier alpha value is -2.76. The van der Waals surface area contributed by atoms with Crippen LogP contribution in [0.3, 0.4) is 0 Å². The van der Waals surface area contributed by atoms with Gasteiger partial charge in [-0.3, -0.25) is 9.59 Å². The predicted octanol–water partition coefficient (Wildman–Crippen LogP) is 3.91. The van der Waals surface area contributed by atoms with E-state index in [4.69, 9.17) is 18.9 Å². The van der Waals surface area contributed by atoms with Crippen LogP contribution in [0.4, 0.5) is 0 Å². The van der Waals surface area contributed by atoms with Crippen molar-refractivity contribution in [2.24, 2.45) is 0 Å². The molecule has 0 aliphatic carbocycles. The van der Waals surface area contributed by atoms with Crippen molar-refractivity contribution < 1.29 is 28.5 Å². The zero-order valence-corrected chi connectivity index (χ0v) is 17.8. The summed E-state index contributed by atoms with van der Waals surface area (Å²) in [5, 5.41) is 0. The van der Waals surface area contributed by atoms with E-state index in [1.54, 1.807) is 26.0 Å². The first kappa shape index (κ1) is 21.5. The van der Waals surface area contributed by atoms with Crippen LogP contribution >= 0.6 is 0 Å². The predicted molar refractivity (Wildman–Crippen MR) is 105 cm³/mol. The molecule has 0 saturated heterocycles. The third-order valence-corrected chi connectivity index (χ3v) is 5.30. The van der Waals surface area contributed by atoms with Crippen LogP contribution in [0.5, 0.6) is 0 Å². The average molecular weight is 388 g/mol. The third-order valence-electron chi connectivity index (χ3n) is 5.30. The molecule has 0 aromatic heterocycles. The van der Waals surface area contributed by atoms with Gasteiger partial charge < -0.3 is 18.9 Å². The minimum Gasteiger partial charge on any atom is -0.493 e. The molecule has 2 aliphatic rings. The van der Waals surface area contributed by atoms with Crippen molar-refractivity contribution >= 4 is 11.6 Å². The lowest BCUT2D eigenvalue weighted by Crippen LogP contribution is -2.37. The molecule has 0 fully saturated rings. The van der Waals surface area contributed by atoms with Crippen molar-refractivity contribution in [2.45, 2.75) is 53.8 Å². The van der Waals surface area contributed by atoms with Crippen LogP contribution in [-0.2, 0) is 28.5 Å². The van der Waals surface area contributed by atoms with Crippen molar-refractivity contribution in [1.29, 1.82) is 0 Å². The van der Waals surface area contributed by atoms with Gasteiger partial charge in [-0.2, -0.15) is 0 Å². The van der Waals surface area contributed by atoms with Crippen LogP contribution in [0.15, 0.2) is 57.5 Å². The van der Waals surface area contributed by atoms with Crippen molar-refractivity contribution in [1.82, 2.24) is 0 Å². The summed E-state index contributed by atoms with van der Waals surface area (Å²) >= 11 is 0. The molecule has 0 amide bonds. The van der Waals surface area contributed by atoms with Crippen LogP contribution < -0.4 is 0 Å². The topological polar surface area (TPSA) is 71.1 Å². The SMILES string of the molecule is CC=C(OC)C(=O)C1OC2=C(C(C)=C1C)C(C)=C(C)C(C(=O)C(=CC)OC)O2. The molecule has 2 atom stereocenters. The summed E-state index contributed by atoms with van der Waals surface area (Å²) in [6.07, 6.45) is 1.46. The van der Waals surface area contributed by atoms with Gasteiger partial charge in [-0.1, -0.05) is 0 Å². The van der Waals surface area contributed by atoms with Gasteiger partial charge in [0, 0.05) is 0 Å². The summed E-state index contributed by atoms with van der Waals surface area (Å²) in [7, 11) is 2.89. The Morgan fingerprint density at radius 1 is 0.786 bits per heavy atom. The van der Waals surface area contributed by atoms with E-state index in [1.165, 1.54) is 14.2 Å². The van der Waals surface area contributed by atoms with Crippen LogP contribution in [0, 0.1) is 0 Å². The highest BCUT2D eigenvalue weighted by Crippen LogP contribution is 2.41. The highest BCUT2D eigenvalue weighted by Gasteiger charge is 2.41. The maximum absolute atomic E-state index is 12.8. The molecule has 0 bridgehead atoms. The Balaban J connectivity index is 2.48. The fourth-order valence-electron chi connectivity index (χ4n) is 3.39. The van der Waals surface area contributed by atoms with Gasteiger partial charge >= 0.3 is 0 Å². The highest BCUT2D eigenvalue weighted by atomic mass is 16.7. The molecule has 6 nitrogen and oxygen atoms in total. The molecule has 2 aliphatic heterocycles. The van der Waals surface area contributed by atoms with E-state index in [0.717, 1.165) is 27.9 Å². The maximum atomic E-state index is 12.8. The van der Waals surface area contributed by atoms with Crippen LogP contribution in [0.25, 0.3) is 0 Å². The van der Waals surface area contributed by atoms with E-state index in [9.17, 15) is 9.59 Å². The number of ketones is 2. The largest absolute Gasteiger partial charge is 0.493 e. The van der Waals surface area contributed by atoms with Crippen molar-refractivity contribution in [3.63, 3.8) is 0 Å². The molecule has 6 heteroatoms. The summed E-state index contributed by atoms with van der Waals surface area (Å²) in [6.45, 7) is 11.0. The molecule has 0 radical (unpaired) electrons. The van der Waals surface area contributed by atoms with Gasteiger partial charge in [-0.25, -0.2) is 0 Å². The smallest absolute Gasteiger partial charge is 0.289 e. The molecule has 28 heavy (non-hydrogen) atoms. The quantitative estimate of drug-likeness (QED) is 0.508. The Kier molecular flexibility index (Phi) is 6.54. The fourth-order valence-corrected chi connectivity index (χ4v) is 3.39. The Morgan fingerprint density at radius 2 is 1.14 bits per heavy atom. The maximum Gasteiger partial charge on any atom is 0.289 e. The summed E-state index contributed by atoms with van der Waals surface area (Å²) in [4.78, 5) is 25.6. The zero-order valence-electron chi connectivity index (χ0n) is 17.8. The second-order valence-electron chi connectivity index (χ2n) is 6.72. The van der Waals surface area contributed by atoms with Gasteiger partial charge in [-0.15, -0.1) is 0 Å². The number of carbonyl (C=O) groups excluding carboxylic acids is 2. The monoisotopic (exact) mass is 388 g/mol. The van der Waals surface area contributed by atoms with E-state index in [1.807, 2.05) is 27.7 Å². The van der Waals surface area contributed by atoms with Gasteiger partial charge in [0.05, 0.1) is 19.8 Å². The lowest BCUT2D eigenvalue weighted by molar-refractivity contribution is -0.135. The molecule has 2 heterocycles. The molecule has 0 spiro atoms. The van der Waals surface area contributed by atoms with Gasteiger partial charge in [0.25, 0.3) is 5.95 Å². The molecule has 152 valence electrons. The molecular weight excluding hydrogens is 360 g/mol. The van der Waals surface area contributed by atoms with Gasteiger partial charge in [0.15, 0.2) is 23.7 Å². The molecular formula is C22H28O6. The number of methoxy groups -OCH3 is 2.